The van der Waals surface area contributed by atoms with Gasteiger partial charge in [-0.05, 0) is 123 Å². The number of fused-ring (bicyclic) bond motifs is 2. The Hall–Kier alpha value is -7.70. The summed E-state index contributed by atoms with van der Waals surface area (Å²) >= 11 is 0. The van der Waals surface area contributed by atoms with Gasteiger partial charge in [0.25, 0.3) is 0 Å². The number of phenols is 3. The number of ether oxygens (including phenoxy) is 4. The highest BCUT2D eigenvalue weighted by atomic mass is 16.7. The van der Waals surface area contributed by atoms with Crippen LogP contribution in [0.4, 0.5) is 0 Å². The monoisotopic (exact) mass is 922 g/mol. The van der Waals surface area contributed by atoms with Crippen LogP contribution < -0.4 is 18.9 Å². The predicted molar refractivity (Wildman–Crippen MR) is 269 cm³/mol. The second kappa shape index (κ2) is 27.1. The molecule has 5 aromatic carbocycles. The van der Waals surface area contributed by atoms with Crippen molar-refractivity contribution in [2.45, 2.75) is 52.4 Å². The van der Waals surface area contributed by atoms with Crippen LogP contribution in [0.1, 0.15) is 71.9 Å². The van der Waals surface area contributed by atoms with E-state index in [1.165, 1.54) is 30.0 Å². The minimum absolute atomic E-state index is 0. The molecule has 0 aliphatic carbocycles. The van der Waals surface area contributed by atoms with Gasteiger partial charge in [0.2, 0.25) is 25.4 Å². The fourth-order valence-electron chi connectivity index (χ4n) is 7.38. The number of rotatable bonds is 8. The standard InChI is InChI=1S/2C17H19NO3.C14H12O3.C8H10.H2O/c2*19-17(18-10-4-1-5-11-18)7-3-2-6-14-8-9-15-16(12-14)21-13-20-15;15-12-5-3-10(4-6-12)1-2-11-7-13(16)9-14(17)8-11;1-7-4-3-5-8(2)6-7;/h2*2-3,6-9,12H,1,4-5,10-11,13H2;1-9,15-17H;3-6H,1-2H3;1H2/b2*6-2+,7-3+;2-1+;;. The lowest BCUT2D eigenvalue weighted by atomic mass is 10.1. The molecule has 12 heteroatoms. The number of allylic oxidation sites excluding steroid dienone is 4. The van der Waals surface area contributed by atoms with E-state index in [0.717, 1.165) is 91.6 Å². The van der Waals surface area contributed by atoms with Crippen molar-refractivity contribution in [2.75, 3.05) is 39.8 Å². The molecule has 12 nitrogen and oxygen atoms in total. The Labute approximate surface area is 399 Å². The molecular weight excluding hydrogens is 861 g/mol. The first-order valence-electron chi connectivity index (χ1n) is 22.7. The number of carbonyl (C=O) groups excluding carboxylic acids is 2. The summed E-state index contributed by atoms with van der Waals surface area (Å²) in [4.78, 5) is 27.7. The van der Waals surface area contributed by atoms with E-state index in [2.05, 4.69) is 38.1 Å². The third-order valence-electron chi connectivity index (χ3n) is 10.9. The van der Waals surface area contributed by atoms with Gasteiger partial charge in [0.1, 0.15) is 17.2 Å². The number of piperidine rings is 2. The van der Waals surface area contributed by atoms with Gasteiger partial charge in [-0.1, -0.05) is 108 Å². The Morgan fingerprint density at radius 2 is 0.868 bits per heavy atom. The Balaban J connectivity index is 0.000000176. The smallest absolute Gasteiger partial charge is 0.246 e. The number of aromatic hydroxyl groups is 3. The molecule has 2 amide bonds. The quantitative estimate of drug-likeness (QED) is 0.0779. The first kappa shape index (κ1) is 51.3. The van der Waals surface area contributed by atoms with Crippen LogP contribution in [0.3, 0.4) is 0 Å². The molecule has 0 bridgehead atoms. The Morgan fingerprint density at radius 1 is 0.441 bits per heavy atom. The minimum atomic E-state index is 0. The van der Waals surface area contributed by atoms with Crippen molar-refractivity contribution < 1.29 is 49.3 Å². The lowest BCUT2D eigenvalue weighted by molar-refractivity contribution is -0.127. The van der Waals surface area contributed by atoms with Crippen LogP contribution in [-0.4, -0.2) is 82.2 Å². The van der Waals surface area contributed by atoms with Gasteiger partial charge in [-0.25, -0.2) is 0 Å². The maximum Gasteiger partial charge on any atom is 0.246 e. The van der Waals surface area contributed by atoms with Gasteiger partial charge >= 0.3 is 0 Å². The van der Waals surface area contributed by atoms with Gasteiger partial charge in [-0.15, -0.1) is 0 Å². The Bertz CT molecular complexity index is 2410. The van der Waals surface area contributed by atoms with E-state index in [-0.39, 0.29) is 48.1 Å². The first-order chi connectivity index (χ1) is 32.6. The fourth-order valence-corrected chi connectivity index (χ4v) is 7.38. The van der Waals surface area contributed by atoms with Crippen LogP contribution >= 0.6 is 0 Å². The molecule has 5 aromatic rings. The number of carbonyl (C=O) groups is 2. The molecule has 2 fully saturated rings. The van der Waals surface area contributed by atoms with Crippen molar-refractivity contribution in [2.24, 2.45) is 0 Å². The highest BCUT2D eigenvalue weighted by Gasteiger charge is 2.15. The zero-order valence-corrected chi connectivity index (χ0v) is 38.8. The predicted octanol–water partition coefficient (Wildman–Crippen LogP) is 10.4. The Kier molecular flexibility index (Phi) is 20.4. The maximum atomic E-state index is 11.9. The topological polar surface area (TPSA) is 170 Å². The SMILES string of the molecule is Cc1cccc(C)c1.O.O=C(/C=C/C=C/c1ccc2c(c1)OCO2)N1CCCCC1.O=C(/C=C/C=C/c1ccc2c(c1)OCO2)N1CCCCC1.Oc1ccc(/C=C/c2cc(O)cc(O)c2)cc1. The summed E-state index contributed by atoms with van der Waals surface area (Å²) in [6.07, 6.45) is 25.0. The summed E-state index contributed by atoms with van der Waals surface area (Å²) in [5.74, 6) is 3.57. The second-order valence-electron chi connectivity index (χ2n) is 16.3. The molecule has 0 saturated carbocycles. The fraction of sp³-hybridized carbons (Fsp3) is 0.250. The van der Waals surface area contributed by atoms with E-state index in [4.69, 9.17) is 24.1 Å². The number of benzene rings is 5. The third kappa shape index (κ3) is 17.3. The average Bonchev–Trinajstić information content (AvgIpc) is 4.02. The average molecular weight is 923 g/mol. The van der Waals surface area contributed by atoms with Crippen molar-refractivity contribution in [3.63, 3.8) is 0 Å². The molecule has 4 heterocycles. The number of aryl methyl sites for hydroxylation is 2. The van der Waals surface area contributed by atoms with Crippen molar-refractivity contribution in [3.05, 3.63) is 173 Å². The van der Waals surface area contributed by atoms with Gasteiger partial charge in [0.15, 0.2) is 23.0 Å². The number of amides is 2. The van der Waals surface area contributed by atoms with Crippen LogP contribution in [0.15, 0.2) is 140 Å². The number of likely N-dealkylation sites (tertiary alicyclic amines) is 2. The normalized spacial score (nSPS) is 14.8. The van der Waals surface area contributed by atoms with Crippen molar-refractivity contribution in [1.29, 1.82) is 0 Å². The lowest BCUT2D eigenvalue weighted by Gasteiger charge is -2.25. The van der Waals surface area contributed by atoms with Crippen LogP contribution in [0, 0.1) is 13.8 Å². The van der Waals surface area contributed by atoms with Gasteiger partial charge in [0.05, 0.1) is 0 Å². The highest BCUT2D eigenvalue weighted by Crippen LogP contribution is 2.34. The van der Waals surface area contributed by atoms with E-state index in [1.54, 1.807) is 66.8 Å². The zero-order valence-electron chi connectivity index (χ0n) is 38.8. The highest BCUT2D eigenvalue weighted by molar-refractivity contribution is 5.88. The van der Waals surface area contributed by atoms with Gasteiger partial charge in [-0.3, -0.25) is 9.59 Å². The summed E-state index contributed by atoms with van der Waals surface area (Å²) < 4.78 is 21.2. The second-order valence-corrected chi connectivity index (χ2v) is 16.3. The molecule has 9 rings (SSSR count). The zero-order chi connectivity index (χ0) is 47.2. The van der Waals surface area contributed by atoms with E-state index < -0.39 is 0 Å². The van der Waals surface area contributed by atoms with Crippen LogP contribution in [-0.2, 0) is 9.59 Å². The largest absolute Gasteiger partial charge is 0.508 e. The molecule has 4 aliphatic rings. The molecule has 0 spiro atoms. The van der Waals surface area contributed by atoms with Gasteiger partial charge in [-0.2, -0.15) is 0 Å². The summed E-state index contributed by atoms with van der Waals surface area (Å²) in [5.41, 5.74) is 6.35. The van der Waals surface area contributed by atoms with Crippen molar-refractivity contribution >= 4 is 36.1 Å². The van der Waals surface area contributed by atoms with Crippen molar-refractivity contribution in [3.8, 4) is 40.2 Å². The number of nitrogens with zero attached hydrogens (tertiary/aromatic N) is 2. The summed E-state index contributed by atoms with van der Waals surface area (Å²) in [5, 5.41) is 27.7. The van der Waals surface area contributed by atoms with Gasteiger partial charge < -0.3 is 49.5 Å². The number of hydrogen-bond donors (Lipinski definition) is 3. The van der Waals surface area contributed by atoms with Crippen LogP contribution in [0.5, 0.6) is 40.2 Å². The molecule has 0 radical (unpaired) electrons. The lowest BCUT2D eigenvalue weighted by Crippen LogP contribution is -2.34. The van der Waals surface area contributed by atoms with E-state index in [9.17, 15) is 19.8 Å². The molecular formula is C56H62N2O10. The summed E-state index contributed by atoms with van der Waals surface area (Å²) in [6, 6.07) is 31.1. The van der Waals surface area contributed by atoms with Crippen LogP contribution in [0.25, 0.3) is 24.3 Å². The molecule has 68 heavy (non-hydrogen) atoms. The van der Waals surface area contributed by atoms with Gasteiger partial charge in [0, 0.05) is 44.4 Å². The summed E-state index contributed by atoms with van der Waals surface area (Å²) in [7, 11) is 0. The van der Waals surface area contributed by atoms with E-state index >= 15 is 0 Å². The van der Waals surface area contributed by atoms with Crippen LogP contribution in [0.2, 0.25) is 0 Å². The molecule has 0 aromatic heterocycles. The van der Waals surface area contributed by atoms with Crippen molar-refractivity contribution in [1.82, 2.24) is 9.80 Å². The maximum absolute atomic E-state index is 11.9. The third-order valence-corrected chi connectivity index (χ3v) is 10.9. The molecule has 2 saturated heterocycles. The van der Waals surface area contributed by atoms with E-state index in [1.807, 2.05) is 76.6 Å². The van der Waals surface area contributed by atoms with E-state index in [0.29, 0.717) is 5.56 Å². The molecule has 356 valence electrons. The first-order valence-corrected chi connectivity index (χ1v) is 22.7. The number of hydrogen-bond acceptors (Lipinski definition) is 9. The summed E-state index contributed by atoms with van der Waals surface area (Å²) in [6.45, 7) is 8.31. The molecule has 0 atom stereocenters. The Morgan fingerprint density at radius 3 is 1.31 bits per heavy atom. The molecule has 0 unspecified atom stereocenters. The molecule has 5 N–H and O–H groups in total. The number of phenolic OH excluding ortho intramolecular Hbond substituents is 3. The minimum Gasteiger partial charge on any atom is -0.508 e. The molecule has 4 aliphatic heterocycles.